The molecule has 2 aliphatic heterocycles. The van der Waals surface area contributed by atoms with E-state index < -0.39 is 76.8 Å². The standard InChI is InChI=1S/C24H30N10O10P2S2/c35-5-11-15(37)17(43-45(39)47)23(41-11)33-9-31-13-19(27-7-29-21(13)33)25-3-1-2-4-26-20-14-22(30-8-28-20)34(10-32-14)24-18(44-46(40)48)16(38)12(6-36)42-24/h7-12,15-18,23-24,35-38H,1-6H2,(H2-2,25,26,27,28,29,30,39,40,47,48)/p+2/t11-,12-,15-,16-,17-,18-,23-,24?/m1/s1. The molecule has 10 atom stereocenters. The first-order valence-electron chi connectivity index (χ1n) is 14.6. The van der Waals surface area contributed by atoms with E-state index in [1.807, 2.05) is 0 Å². The molecule has 258 valence electrons. The summed E-state index contributed by atoms with van der Waals surface area (Å²) in [7, 11) is -4.74. The van der Waals surface area contributed by atoms with E-state index in [4.69, 9.17) is 18.5 Å². The summed E-state index contributed by atoms with van der Waals surface area (Å²) in [4.78, 5) is 26.0. The Morgan fingerprint density at radius 3 is 1.52 bits per heavy atom. The van der Waals surface area contributed by atoms with Gasteiger partial charge in [-0.3, -0.25) is 9.13 Å². The summed E-state index contributed by atoms with van der Waals surface area (Å²) in [5.74, 6) is 0.939. The zero-order valence-corrected chi connectivity index (χ0v) is 28.4. The van der Waals surface area contributed by atoms with Crippen LogP contribution >= 0.6 is 39.0 Å². The van der Waals surface area contributed by atoms with Crippen molar-refractivity contribution in [1.82, 2.24) is 39.0 Å². The van der Waals surface area contributed by atoms with E-state index in [1.54, 1.807) is 0 Å². The summed E-state index contributed by atoms with van der Waals surface area (Å²) < 4.78 is 48.5. The molecule has 0 aliphatic carbocycles. The van der Waals surface area contributed by atoms with Gasteiger partial charge in [-0.2, -0.15) is 0 Å². The van der Waals surface area contributed by atoms with E-state index in [9.17, 15) is 29.6 Å². The second-order valence-electron chi connectivity index (χ2n) is 10.7. The maximum absolute atomic E-state index is 11.7. The largest absolute Gasteiger partial charge is 0.582 e. The minimum Gasteiger partial charge on any atom is -0.394 e. The van der Waals surface area contributed by atoms with Gasteiger partial charge in [0.2, 0.25) is 0 Å². The highest BCUT2D eigenvalue weighted by atomic mass is 32.7. The van der Waals surface area contributed by atoms with Crippen LogP contribution in [0.15, 0.2) is 25.3 Å². The molecule has 24 heteroatoms. The summed E-state index contributed by atoms with van der Waals surface area (Å²) in [6.07, 6.45) is -1.49. The normalized spacial score (nSPS) is 28.0. The number of anilines is 2. The first kappa shape index (κ1) is 35.1. The van der Waals surface area contributed by atoms with Gasteiger partial charge in [-0.05, 0) is 22.0 Å². The van der Waals surface area contributed by atoms with Crippen LogP contribution in [-0.2, 0) is 27.7 Å². The van der Waals surface area contributed by atoms with Crippen LogP contribution in [0.2, 0.25) is 0 Å². The second-order valence-corrected chi connectivity index (χ2v) is 14.1. The lowest BCUT2D eigenvalue weighted by molar-refractivity contribution is -0.0481. The molecule has 4 aromatic rings. The molecule has 0 amide bonds. The van der Waals surface area contributed by atoms with E-state index in [1.165, 1.54) is 34.4 Å². The molecule has 2 fully saturated rings. The zero-order chi connectivity index (χ0) is 33.9. The third kappa shape index (κ3) is 7.11. The SMILES string of the molecule is O=[P+](S)O[C@@H]1[C@H](O)[C@@H](CO)O[C@H]1n1cnc2c(NCCCCNc3ncnc4c3ncn4C3O[C@H](CO)[C@@H](O)[C@H]3O[P+](=O)S)ncnc21. The number of ether oxygens (including phenoxy) is 2. The number of hydrogen-bond donors (Lipinski definition) is 8. The van der Waals surface area contributed by atoms with Gasteiger partial charge in [0.05, 0.1) is 25.9 Å². The van der Waals surface area contributed by atoms with Crippen molar-refractivity contribution in [3.8, 4) is 0 Å². The van der Waals surface area contributed by atoms with Crippen molar-refractivity contribution in [2.24, 2.45) is 0 Å². The summed E-state index contributed by atoms with van der Waals surface area (Å²) in [5.41, 5.74) is 1.63. The summed E-state index contributed by atoms with van der Waals surface area (Å²) >= 11 is 7.57. The molecule has 6 rings (SSSR count). The van der Waals surface area contributed by atoms with Crippen molar-refractivity contribution in [3.63, 3.8) is 0 Å². The fourth-order valence-electron chi connectivity index (χ4n) is 5.62. The smallest absolute Gasteiger partial charge is 0.394 e. The Hall–Kier alpha value is -2.72. The van der Waals surface area contributed by atoms with Crippen molar-refractivity contribution in [3.05, 3.63) is 25.3 Å². The van der Waals surface area contributed by atoms with Crippen molar-refractivity contribution in [2.75, 3.05) is 36.9 Å². The molecule has 0 bridgehead atoms. The lowest BCUT2D eigenvalue weighted by atomic mass is 10.1. The number of rotatable bonds is 15. The van der Waals surface area contributed by atoms with Gasteiger partial charge in [-0.25, -0.2) is 29.9 Å². The molecule has 48 heavy (non-hydrogen) atoms. The third-order valence-electron chi connectivity index (χ3n) is 7.86. The van der Waals surface area contributed by atoms with Gasteiger partial charge in [0.25, 0.3) is 0 Å². The van der Waals surface area contributed by atoms with Gasteiger partial charge in [0, 0.05) is 13.1 Å². The van der Waals surface area contributed by atoms with E-state index >= 15 is 0 Å². The topological polar surface area (TPSA) is 263 Å². The molecule has 0 saturated carbocycles. The Kier molecular flexibility index (Phi) is 11.3. The van der Waals surface area contributed by atoms with E-state index in [0.717, 1.165) is 12.8 Å². The fourth-order valence-corrected chi connectivity index (χ4v) is 7.15. The van der Waals surface area contributed by atoms with E-state index in [2.05, 4.69) is 65.0 Å². The number of nitrogens with one attached hydrogen (secondary N) is 2. The van der Waals surface area contributed by atoms with Crippen LogP contribution in [0.25, 0.3) is 22.3 Å². The first-order chi connectivity index (χ1) is 23.2. The Morgan fingerprint density at radius 1 is 0.729 bits per heavy atom. The van der Waals surface area contributed by atoms with Gasteiger partial charge in [-0.1, -0.05) is 0 Å². The molecule has 20 nitrogen and oxygen atoms in total. The molecule has 2 saturated heterocycles. The second kappa shape index (κ2) is 15.4. The monoisotopic (exact) mass is 746 g/mol. The van der Waals surface area contributed by atoms with Crippen LogP contribution in [0.5, 0.6) is 0 Å². The van der Waals surface area contributed by atoms with Crippen LogP contribution in [-0.4, -0.2) is 122 Å². The number of nitrogens with zero attached hydrogens (tertiary/aromatic N) is 8. The number of imidazole rings is 2. The highest BCUT2D eigenvalue weighted by molar-refractivity contribution is 8.39. The van der Waals surface area contributed by atoms with Crippen molar-refractivity contribution in [2.45, 2.75) is 61.9 Å². The zero-order valence-electron chi connectivity index (χ0n) is 24.8. The highest BCUT2D eigenvalue weighted by Crippen LogP contribution is 2.42. The summed E-state index contributed by atoms with van der Waals surface area (Å²) in [6, 6.07) is 0. The van der Waals surface area contributed by atoms with Crippen molar-refractivity contribution < 1.29 is 48.1 Å². The number of aromatic nitrogens is 8. The number of unbranched alkanes of at least 4 members (excludes halogenated alkanes) is 1. The molecule has 0 radical (unpaired) electrons. The van der Waals surface area contributed by atoms with Gasteiger partial charge >= 0.3 is 14.5 Å². The number of thiol groups is 2. The molecule has 0 aromatic carbocycles. The molecular weight excluding hydrogens is 714 g/mol. The quantitative estimate of drug-likeness (QED) is 0.0473. The average molecular weight is 747 g/mol. The Bertz CT molecular complexity index is 1650. The first-order valence-corrected chi connectivity index (χ1v) is 19.2. The lowest BCUT2D eigenvalue weighted by Gasteiger charge is -2.16. The Balaban J connectivity index is 1.06. The average Bonchev–Trinajstić information content (AvgIpc) is 3.83. The minimum absolute atomic E-state index is 0.377. The van der Waals surface area contributed by atoms with Crippen LogP contribution in [0.3, 0.4) is 0 Å². The van der Waals surface area contributed by atoms with Gasteiger partial charge < -0.3 is 40.5 Å². The molecule has 6 heterocycles. The Morgan fingerprint density at radius 2 is 1.15 bits per heavy atom. The lowest BCUT2D eigenvalue weighted by Crippen LogP contribution is -2.34. The maximum atomic E-state index is 11.7. The molecule has 4 aromatic heterocycles. The van der Waals surface area contributed by atoms with Crippen LogP contribution in [0, 0.1) is 0 Å². The number of aliphatic hydroxyl groups is 4. The minimum atomic E-state index is -2.37. The predicted molar refractivity (Wildman–Crippen MR) is 174 cm³/mol. The molecule has 6 N–H and O–H groups in total. The molecule has 0 spiro atoms. The van der Waals surface area contributed by atoms with E-state index in [-0.39, 0.29) is 0 Å². The summed E-state index contributed by atoms with van der Waals surface area (Å²) in [6.45, 7) is 0.124. The van der Waals surface area contributed by atoms with Crippen molar-refractivity contribution in [1.29, 1.82) is 0 Å². The maximum Gasteiger partial charge on any atom is 0.582 e. The van der Waals surface area contributed by atoms with E-state index in [0.29, 0.717) is 47.1 Å². The highest BCUT2D eigenvalue weighted by Gasteiger charge is 2.51. The Labute approximate surface area is 283 Å². The summed E-state index contributed by atoms with van der Waals surface area (Å²) in [5, 5.41) is 46.7. The number of aliphatic hydroxyl groups excluding tert-OH is 4. The predicted octanol–water partition coefficient (Wildman–Crippen LogP) is 0.716. The van der Waals surface area contributed by atoms with Crippen LogP contribution in [0.1, 0.15) is 25.3 Å². The fraction of sp³-hybridized carbons (Fsp3) is 0.583. The molecular formula is C24H32N10O10P2S2+2. The molecule has 2 aliphatic rings. The van der Waals surface area contributed by atoms with Gasteiger partial charge in [-0.15, -0.1) is 9.05 Å². The third-order valence-corrected chi connectivity index (χ3v) is 9.28. The number of hydrogen-bond acceptors (Lipinski definition) is 18. The van der Waals surface area contributed by atoms with Gasteiger partial charge in [0.1, 0.15) is 61.6 Å². The van der Waals surface area contributed by atoms with Gasteiger partial charge in [0.15, 0.2) is 58.6 Å². The number of fused-ring (bicyclic) bond motifs is 2. The van der Waals surface area contributed by atoms with Crippen molar-refractivity contribution >= 4 is 72.9 Å². The molecule has 3 unspecified atom stereocenters. The van der Waals surface area contributed by atoms with Crippen LogP contribution < -0.4 is 10.6 Å². The van der Waals surface area contributed by atoms with Crippen LogP contribution in [0.4, 0.5) is 11.6 Å².